The number of rotatable bonds is 12. The maximum Gasteiger partial charge on any atom is 0.244 e. The molecule has 0 saturated carbocycles. The number of carbonyl (C=O) groups is 2. The molecule has 0 aromatic heterocycles. The molecule has 1 atom stereocenters. The highest BCUT2D eigenvalue weighted by molar-refractivity contribution is 7.92. The van der Waals surface area contributed by atoms with Crippen LogP contribution in [0.4, 0.5) is 10.1 Å². The molecular weight excluding hydrogens is 445 g/mol. The van der Waals surface area contributed by atoms with Gasteiger partial charge < -0.3 is 10.2 Å². The predicted molar refractivity (Wildman–Crippen MR) is 128 cm³/mol. The molecule has 2 aromatic carbocycles. The summed E-state index contributed by atoms with van der Waals surface area (Å²) in [6, 6.07) is 13.3. The van der Waals surface area contributed by atoms with Gasteiger partial charge in [-0.05, 0) is 42.7 Å². The molecule has 7 nitrogen and oxygen atoms in total. The minimum Gasteiger partial charge on any atom is -0.354 e. The Labute approximate surface area is 195 Å². The van der Waals surface area contributed by atoms with Crippen LogP contribution in [-0.4, -0.2) is 50.5 Å². The van der Waals surface area contributed by atoms with E-state index in [0.29, 0.717) is 13.0 Å². The Balaban J connectivity index is 2.35. The Hall–Kier alpha value is -2.94. The first-order chi connectivity index (χ1) is 15.7. The van der Waals surface area contributed by atoms with Crippen molar-refractivity contribution in [3.05, 3.63) is 66.0 Å². The summed E-state index contributed by atoms with van der Waals surface area (Å²) in [5, 5.41) is 2.87. The van der Waals surface area contributed by atoms with Crippen molar-refractivity contribution in [2.75, 3.05) is 23.7 Å². The molecule has 0 aliphatic carbocycles. The maximum absolute atomic E-state index is 13.4. The second kappa shape index (κ2) is 12.3. The second-order valence-electron chi connectivity index (χ2n) is 7.82. The fraction of sp³-hybridized carbons (Fsp3) is 0.417. The van der Waals surface area contributed by atoms with Gasteiger partial charge in [0.1, 0.15) is 18.4 Å². The van der Waals surface area contributed by atoms with Gasteiger partial charge in [-0.1, -0.05) is 50.6 Å². The van der Waals surface area contributed by atoms with E-state index in [1.165, 1.54) is 17.0 Å². The molecule has 0 aliphatic heterocycles. The second-order valence-corrected chi connectivity index (χ2v) is 9.73. The number of hydrogen-bond acceptors (Lipinski definition) is 4. The van der Waals surface area contributed by atoms with Gasteiger partial charge in [-0.2, -0.15) is 0 Å². The lowest BCUT2D eigenvalue weighted by atomic mass is 10.1. The third-order valence-corrected chi connectivity index (χ3v) is 6.35. The Morgan fingerprint density at radius 2 is 1.67 bits per heavy atom. The van der Waals surface area contributed by atoms with Crippen molar-refractivity contribution < 1.29 is 22.4 Å². The number of nitrogens with one attached hydrogen (secondary N) is 1. The first-order valence-corrected chi connectivity index (χ1v) is 12.9. The number of sulfonamides is 1. The van der Waals surface area contributed by atoms with Crippen LogP contribution in [0.2, 0.25) is 0 Å². The van der Waals surface area contributed by atoms with Gasteiger partial charge in [0.05, 0.1) is 11.9 Å². The van der Waals surface area contributed by atoms with Gasteiger partial charge in [0, 0.05) is 13.1 Å². The first kappa shape index (κ1) is 26.3. The van der Waals surface area contributed by atoms with Gasteiger partial charge in [-0.15, -0.1) is 0 Å². The molecule has 180 valence electrons. The third-order valence-electron chi connectivity index (χ3n) is 5.21. The summed E-state index contributed by atoms with van der Waals surface area (Å²) < 4.78 is 39.2. The number of unbranched alkanes of at least 4 members (excludes halogenated alkanes) is 1. The van der Waals surface area contributed by atoms with E-state index in [-0.39, 0.29) is 18.1 Å². The number of amides is 2. The highest BCUT2D eigenvalue weighted by Gasteiger charge is 2.31. The molecule has 2 amide bonds. The van der Waals surface area contributed by atoms with Crippen molar-refractivity contribution in [2.24, 2.45) is 0 Å². The Morgan fingerprint density at radius 3 is 2.21 bits per heavy atom. The fourth-order valence-corrected chi connectivity index (χ4v) is 4.28. The minimum absolute atomic E-state index is 0.153. The number of benzene rings is 2. The molecule has 2 rings (SSSR count). The van der Waals surface area contributed by atoms with Crippen LogP contribution in [0.3, 0.4) is 0 Å². The van der Waals surface area contributed by atoms with E-state index in [1.807, 2.05) is 44.2 Å². The molecule has 9 heteroatoms. The largest absolute Gasteiger partial charge is 0.354 e. The lowest BCUT2D eigenvalue weighted by Crippen LogP contribution is -2.52. The normalized spacial score (nSPS) is 12.1. The van der Waals surface area contributed by atoms with E-state index in [9.17, 15) is 22.4 Å². The van der Waals surface area contributed by atoms with E-state index >= 15 is 0 Å². The summed E-state index contributed by atoms with van der Waals surface area (Å²) in [4.78, 5) is 27.8. The predicted octanol–water partition coefficient (Wildman–Crippen LogP) is 3.32. The molecule has 2 aromatic rings. The summed E-state index contributed by atoms with van der Waals surface area (Å²) in [5.74, 6) is -1.31. The van der Waals surface area contributed by atoms with Gasteiger partial charge >= 0.3 is 0 Å². The van der Waals surface area contributed by atoms with Gasteiger partial charge in [-0.3, -0.25) is 13.9 Å². The van der Waals surface area contributed by atoms with E-state index in [2.05, 4.69) is 5.32 Å². The smallest absolute Gasteiger partial charge is 0.244 e. The van der Waals surface area contributed by atoms with Crippen LogP contribution in [0.5, 0.6) is 0 Å². The summed E-state index contributed by atoms with van der Waals surface area (Å²) in [7, 11) is -3.84. The molecule has 0 heterocycles. The number of nitrogens with zero attached hydrogens (tertiary/aromatic N) is 2. The monoisotopic (exact) mass is 477 g/mol. The topological polar surface area (TPSA) is 86.8 Å². The maximum atomic E-state index is 13.4. The standard InChI is InChI=1S/C24H32FN3O4S/c1-4-6-16-26-24(30)22(5-2)27(17-19-10-8-7-9-11-19)23(29)18-28(33(3,31)32)21-14-12-20(25)13-15-21/h7-15,22H,4-6,16-18H2,1-3H3,(H,26,30). The first-order valence-electron chi connectivity index (χ1n) is 11.0. The lowest BCUT2D eigenvalue weighted by Gasteiger charge is -2.32. The summed E-state index contributed by atoms with van der Waals surface area (Å²) in [6.07, 6.45) is 3.10. The van der Waals surface area contributed by atoms with Crippen molar-refractivity contribution in [1.82, 2.24) is 10.2 Å². The SMILES string of the molecule is CCCCNC(=O)C(CC)N(Cc1ccccc1)C(=O)CN(c1ccc(F)cc1)S(C)(=O)=O. The summed E-state index contributed by atoms with van der Waals surface area (Å²) in [5.41, 5.74) is 0.991. The van der Waals surface area contributed by atoms with E-state index in [1.54, 1.807) is 0 Å². The molecule has 0 bridgehead atoms. The van der Waals surface area contributed by atoms with Crippen LogP contribution in [0.1, 0.15) is 38.7 Å². The quantitative estimate of drug-likeness (QED) is 0.475. The van der Waals surface area contributed by atoms with Crippen molar-refractivity contribution in [1.29, 1.82) is 0 Å². The van der Waals surface area contributed by atoms with Crippen LogP contribution in [0.15, 0.2) is 54.6 Å². The van der Waals surface area contributed by atoms with Crippen molar-refractivity contribution in [2.45, 2.75) is 45.7 Å². The molecule has 0 saturated heterocycles. The highest BCUT2D eigenvalue weighted by atomic mass is 32.2. The minimum atomic E-state index is -3.84. The van der Waals surface area contributed by atoms with Crippen LogP contribution in [0, 0.1) is 5.82 Å². The van der Waals surface area contributed by atoms with Crippen LogP contribution < -0.4 is 9.62 Å². The number of halogens is 1. The highest BCUT2D eigenvalue weighted by Crippen LogP contribution is 2.20. The van der Waals surface area contributed by atoms with Crippen molar-refractivity contribution >= 4 is 27.5 Å². The van der Waals surface area contributed by atoms with Crippen molar-refractivity contribution in [3.8, 4) is 0 Å². The Kier molecular flexibility index (Phi) is 9.84. The van der Waals surface area contributed by atoms with E-state index < -0.39 is 34.3 Å². The van der Waals surface area contributed by atoms with E-state index in [4.69, 9.17) is 0 Å². The van der Waals surface area contributed by atoms with Gasteiger partial charge in [0.15, 0.2) is 0 Å². The molecule has 1 unspecified atom stereocenters. The van der Waals surface area contributed by atoms with E-state index in [0.717, 1.165) is 41.1 Å². The molecule has 1 N–H and O–H groups in total. The van der Waals surface area contributed by atoms with Crippen LogP contribution in [0.25, 0.3) is 0 Å². The molecule has 0 spiro atoms. The number of hydrogen-bond donors (Lipinski definition) is 1. The Morgan fingerprint density at radius 1 is 1.03 bits per heavy atom. The third kappa shape index (κ3) is 7.85. The zero-order valence-electron chi connectivity index (χ0n) is 19.3. The van der Waals surface area contributed by atoms with Gasteiger partial charge in [0.2, 0.25) is 21.8 Å². The zero-order valence-corrected chi connectivity index (χ0v) is 20.1. The molecule has 0 radical (unpaired) electrons. The molecule has 33 heavy (non-hydrogen) atoms. The van der Waals surface area contributed by atoms with Gasteiger partial charge in [0.25, 0.3) is 0 Å². The fourth-order valence-electron chi connectivity index (χ4n) is 3.43. The average Bonchev–Trinajstić information content (AvgIpc) is 2.78. The van der Waals surface area contributed by atoms with Crippen LogP contribution >= 0.6 is 0 Å². The average molecular weight is 478 g/mol. The Bertz CT molecular complexity index is 1010. The van der Waals surface area contributed by atoms with Crippen LogP contribution in [-0.2, 0) is 26.2 Å². The summed E-state index contributed by atoms with van der Waals surface area (Å²) >= 11 is 0. The molecule has 0 aliphatic rings. The lowest BCUT2D eigenvalue weighted by molar-refractivity contribution is -0.140. The molecule has 0 fully saturated rings. The zero-order chi connectivity index (χ0) is 24.4. The van der Waals surface area contributed by atoms with Gasteiger partial charge in [-0.25, -0.2) is 12.8 Å². The van der Waals surface area contributed by atoms with Crippen molar-refractivity contribution in [3.63, 3.8) is 0 Å². The number of anilines is 1. The molecular formula is C24H32FN3O4S. The summed E-state index contributed by atoms with van der Waals surface area (Å²) in [6.45, 7) is 3.98. The number of carbonyl (C=O) groups excluding carboxylic acids is 2.